The van der Waals surface area contributed by atoms with Gasteiger partial charge < -0.3 is 38.8 Å². The number of thiazole rings is 2. The Labute approximate surface area is 477 Å². The molecule has 81 heavy (non-hydrogen) atoms. The second kappa shape index (κ2) is 16.3. The summed E-state index contributed by atoms with van der Waals surface area (Å²) in [6, 6.07) is 6.66. The Hall–Kier alpha value is -7.14. The first-order chi connectivity index (χ1) is 38.3. The maximum absolute atomic E-state index is 14.0. The van der Waals surface area contributed by atoms with Gasteiger partial charge in [-0.25, -0.2) is 47.9 Å². The third kappa shape index (κ3) is 5.22. The molecule has 414 valence electrons. The summed E-state index contributed by atoms with van der Waals surface area (Å²) in [6.07, 6.45) is 6.01. The number of hydrogen-bond acceptors (Lipinski definition) is 19. The molecule has 20 rings (SSSR count). The van der Waals surface area contributed by atoms with Gasteiger partial charge in [0, 0.05) is 66.6 Å². The number of aliphatic imine (C=N–C) groups is 2. The van der Waals surface area contributed by atoms with Crippen molar-refractivity contribution in [2.45, 2.75) is 37.8 Å². The van der Waals surface area contributed by atoms with Crippen LogP contribution >= 0.6 is 45.9 Å². The molecule has 0 radical (unpaired) electrons. The number of aromatic nitrogens is 4. The number of amidine groups is 2. The predicted octanol–water partition coefficient (Wildman–Crippen LogP) is 9.02. The number of allylic oxidation sites excluding steroid dienone is 2. The predicted molar refractivity (Wildman–Crippen MR) is 285 cm³/mol. The molecule has 18 nitrogen and oxygen atoms in total. The van der Waals surface area contributed by atoms with Crippen LogP contribution in [0, 0.1) is 93.5 Å². The van der Waals surface area contributed by atoms with Gasteiger partial charge in [0.1, 0.15) is 36.2 Å². The molecule has 6 aromatic rings. The lowest BCUT2D eigenvalue weighted by molar-refractivity contribution is -0.621. The summed E-state index contributed by atoms with van der Waals surface area (Å²) in [4.78, 5) is 77.8. The van der Waals surface area contributed by atoms with E-state index in [4.69, 9.17) is 56.2 Å². The number of carboxylic acid groups (broad SMARTS) is 1. The molecule has 0 amide bonds. The van der Waals surface area contributed by atoms with Crippen LogP contribution in [0.15, 0.2) is 113 Å². The van der Waals surface area contributed by atoms with Crippen molar-refractivity contribution >= 4 is 81.4 Å². The minimum atomic E-state index is -1.10. The summed E-state index contributed by atoms with van der Waals surface area (Å²) in [5.41, 5.74) is 2.85. The zero-order valence-electron chi connectivity index (χ0n) is 41.1. The van der Waals surface area contributed by atoms with Crippen molar-refractivity contribution in [3.63, 3.8) is 0 Å². The van der Waals surface area contributed by atoms with Crippen molar-refractivity contribution in [2.24, 2.45) is 91.8 Å². The minimum Gasteiger partial charge on any atom is -0.476 e. The van der Waals surface area contributed by atoms with Gasteiger partial charge in [-0.2, -0.15) is 0 Å². The van der Waals surface area contributed by atoms with E-state index in [0.29, 0.717) is 127 Å². The third-order valence-corrected chi connectivity index (χ3v) is 23.4. The van der Waals surface area contributed by atoms with Crippen LogP contribution in [0.4, 0.5) is 8.78 Å². The summed E-state index contributed by atoms with van der Waals surface area (Å²) in [5, 5.41) is 21.8. The Balaban J connectivity index is 0.000000136. The van der Waals surface area contributed by atoms with Gasteiger partial charge in [0.25, 0.3) is 0 Å². The highest BCUT2D eigenvalue weighted by Crippen LogP contribution is 3.12. The summed E-state index contributed by atoms with van der Waals surface area (Å²) < 4.78 is 54.9. The molecule has 2 aromatic carbocycles. The summed E-state index contributed by atoms with van der Waals surface area (Å²) in [7, 11) is 4.02. The van der Waals surface area contributed by atoms with Crippen molar-refractivity contribution in [3.05, 3.63) is 161 Å². The van der Waals surface area contributed by atoms with E-state index in [2.05, 4.69) is 30.6 Å². The van der Waals surface area contributed by atoms with E-state index >= 15 is 0 Å². The van der Waals surface area contributed by atoms with Gasteiger partial charge in [-0.3, -0.25) is 9.98 Å². The summed E-state index contributed by atoms with van der Waals surface area (Å²) >= 11 is 15.9. The van der Waals surface area contributed by atoms with Gasteiger partial charge in [-0.05, 0) is 95.3 Å². The SMILES string of the molecule is C.C.COC(=O)C1=C(C23C4C5C2C2C3C4C52c2nc(C(=O)O)co2)NC(c2nccs2)=N[C@@H]1c1ccc(F)cc1Cl.COC(=O)C1=C(C23C4C5C2C2C3C4C52c2nc(C(=O)OC)co2)NC(c2nccs2)=N[C@@H]1c1ccc(F)cc1Cl. The number of benzene rings is 2. The lowest BCUT2D eigenvalue weighted by atomic mass is 8.92. The maximum Gasteiger partial charge on any atom is 0.360 e. The van der Waals surface area contributed by atoms with Crippen LogP contribution in [0.5, 0.6) is 0 Å². The van der Waals surface area contributed by atoms with Gasteiger partial charge in [0.05, 0.1) is 43.3 Å². The Morgan fingerprint density at radius 1 is 0.580 bits per heavy atom. The number of carboxylic acids is 1. The number of nitrogens with zero attached hydrogens (tertiary/aromatic N) is 6. The van der Waals surface area contributed by atoms with E-state index in [1.807, 2.05) is 10.8 Å². The van der Waals surface area contributed by atoms with Gasteiger partial charge >= 0.3 is 23.9 Å². The van der Waals surface area contributed by atoms with Crippen LogP contribution in [0.3, 0.4) is 0 Å². The molecule has 12 saturated carbocycles. The van der Waals surface area contributed by atoms with Crippen LogP contribution in [0.2, 0.25) is 10.0 Å². The van der Waals surface area contributed by atoms with Crippen molar-refractivity contribution in [2.75, 3.05) is 21.3 Å². The van der Waals surface area contributed by atoms with E-state index in [0.717, 1.165) is 11.4 Å². The molecule has 12 fully saturated rings. The number of esters is 3. The monoisotopic (exact) mass is 1170 g/mol. The third-order valence-electron chi connectivity index (χ3n) is 21.2. The van der Waals surface area contributed by atoms with E-state index in [1.165, 1.54) is 80.8 Å². The number of carbonyl (C=O) groups is 4. The van der Waals surface area contributed by atoms with E-state index in [-0.39, 0.29) is 57.9 Å². The molecule has 0 bridgehead atoms. The van der Waals surface area contributed by atoms with Crippen LogP contribution in [0.1, 0.15) is 80.8 Å². The lowest BCUT2D eigenvalue weighted by Crippen LogP contribution is -3.11. The van der Waals surface area contributed by atoms with Crippen molar-refractivity contribution in [1.29, 1.82) is 0 Å². The average molecular weight is 1180 g/mol. The number of oxazole rings is 2. The fraction of sp³-hybridized carbons (Fsp3) is 0.404. The Morgan fingerprint density at radius 2 is 0.951 bits per heavy atom. The average Bonchev–Trinajstić information content (AvgIpc) is 0.706. The number of nitrogens with one attached hydrogen (secondary N) is 2. The summed E-state index contributed by atoms with van der Waals surface area (Å²) in [6.45, 7) is 0. The largest absolute Gasteiger partial charge is 0.476 e. The highest BCUT2D eigenvalue weighted by atomic mass is 35.5. The van der Waals surface area contributed by atoms with Gasteiger partial charge in [-0.15, -0.1) is 22.7 Å². The van der Waals surface area contributed by atoms with Crippen LogP contribution in [-0.4, -0.2) is 81.9 Å². The number of carbonyl (C=O) groups excluding carboxylic acids is 3. The molecule has 6 heterocycles. The topological polar surface area (TPSA) is 243 Å². The molecule has 0 saturated heterocycles. The lowest BCUT2D eigenvalue weighted by Gasteiger charge is -3.10. The highest BCUT2D eigenvalue weighted by Gasteiger charge is 3.13. The van der Waals surface area contributed by atoms with Crippen molar-refractivity contribution in [1.82, 2.24) is 30.6 Å². The van der Waals surface area contributed by atoms with Crippen molar-refractivity contribution in [3.8, 4) is 0 Å². The summed E-state index contributed by atoms with van der Waals surface area (Å²) in [5.74, 6) is 2.85. The second-order valence-electron chi connectivity index (χ2n) is 22.5. The molecule has 2 atom stereocenters. The van der Waals surface area contributed by atoms with E-state index in [9.17, 15) is 33.1 Å². The molecule has 3 N–H and O–H groups in total. The van der Waals surface area contributed by atoms with Crippen LogP contribution in [0.25, 0.3) is 0 Å². The van der Waals surface area contributed by atoms with E-state index < -0.39 is 47.6 Å². The Bertz CT molecular complexity index is 3880. The first-order valence-corrected chi connectivity index (χ1v) is 28.1. The zero-order chi connectivity index (χ0) is 53.9. The molecule has 4 aromatic heterocycles. The minimum absolute atomic E-state index is 0. The van der Waals surface area contributed by atoms with Gasteiger partial charge in [0.15, 0.2) is 33.1 Å². The molecule has 12 aliphatic carbocycles. The number of halogens is 4. The fourth-order valence-corrected chi connectivity index (χ4v) is 21.1. The number of hydrogen-bond donors (Lipinski definition) is 3. The smallest absolute Gasteiger partial charge is 0.360 e. The zero-order valence-corrected chi connectivity index (χ0v) is 44.3. The molecule has 0 spiro atoms. The fourth-order valence-electron chi connectivity index (χ4n) is 19.4. The van der Waals surface area contributed by atoms with E-state index in [1.54, 1.807) is 24.5 Å². The molecule has 14 aliphatic rings. The van der Waals surface area contributed by atoms with Crippen LogP contribution < -0.4 is 10.6 Å². The highest BCUT2D eigenvalue weighted by molar-refractivity contribution is 7.12. The molecule has 24 heteroatoms. The molecule has 2 aliphatic heterocycles. The standard InChI is InChI=1S/C28H20ClFN4O5S.C27H18ClFN4O5S.2CH4/c1-37-24(35)12-8-39-26(32-12)28-17-14-18(28)16-19(28)15(17)27(14,16)21-13(25(36)38-2)20(10-4-3-9(30)7-11(10)29)33-22(34-21)23-31-5-6-40-23;1-37-24(36)12-19(9-3-2-8(29)6-10(9)28)32-21(22-30-4-5-39-22)33-20(12)26-13-16-14(26)18-15(26)17(13)27(16,18)25-31-11(7-38-25)23(34)35;;/h3-8,14-20H,1-2H3,(H,33,34);2-7,13-19H,1H3,(H,32,33)(H,34,35);2*1H4/t14?,15?,16?,17?,18?,19?,20-,27?,28?;13?,14?,15?,16?,17?,18?,19-,26?,27?;;/m11../s1. The Kier molecular flexibility index (Phi) is 10.2. The number of ether oxygens (including phenoxy) is 3. The molecular formula is C57H46Cl2F2N8O10S2. The van der Waals surface area contributed by atoms with Gasteiger partial charge in [0.2, 0.25) is 11.8 Å². The maximum atomic E-state index is 14.0. The number of methoxy groups -OCH3 is 3. The Morgan fingerprint density at radius 3 is 1.28 bits per heavy atom. The van der Waals surface area contributed by atoms with Crippen molar-refractivity contribution < 1.29 is 56.1 Å². The first-order valence-electron chi connectivity index (χ1n) is 25.6. The van der Waals surface area contributed by atoms with Gasteiger partial charge in [-0.1, -0.05) is 50.2 Å². The second-order valence-corrected chi connectivity index (χ2v) is 25.1. The molecular weight excluding hydrogens is 1130 g/mol. The van der Waals surface area contributed by atoms with Crippen LogP contribution in [-0.2, 0) is 34.6 Å². The number of aromatic carboxylic acids is 1. The normalized spacial score (nSPS) is 37.8. The quantitative estimate of drug-likeness (QED) is 0.0764. The number of rotatable bonds is 12. The first kappa shape index (κ1) is 50.8. The molecule has 0 unspecified atom stereocenters.